The minimum atomic E-state index is -4.80. The summed E-state index contributed by atoms with van der Waals surface area (Å²) in [6.45, 7) is 0. The molecule has 2 rings (SSSR count). The molecule has 0 amide bonds. The molecule has 112 valence electrons. The average molecular weight is 323 g/mol. The second kappa shape index (κ2) is 5.89. The zero-order chi connectivity index (χ0) is 15.6. The summed E-state index contributed by atoms with van der Waals surface area (Å²) >= 11 is 5.73. The van der Waals surface area contributed by atoms with Crippen LogP contribution in [0.1, 0.15) is 12.0 Å². The van der Waals surface area contributed by atoms with E-state index >= 15 is 0 Å². The molecule has 0 unspecified atom stereocenters. The molecule has 0 heterocycles. The number of alkyl halides is 5. The van der Waals surface area contributed by atoms with Gasteiger partial charge in [-0.05, 0) is 29.3 Å². The van der Waals surface area contributed by atoms with Crippen LogP contribution in [0, 0.1) is 0 Å². The van der Waals surface area contributed by atoms with Crippen LogP contribution in [0.4, 0.5) is 22.0 Å². The van der Waals surface area contributed by atoms with Gasteiger partial charge in [0.2, 0.25) is 0 Å². The van der Waals surface area contributed by atoms with Crippen molar-refractivity contribution in [2.45, 2.75) is 12.8 Å². The van der Waals surface area contributed by atoms with Crippen molar-refractivity contribution < 1.29 is 26.7 Å². The van der Waals surface area contributed by atoms with Crippen molar-refractivity contribution in [3.05, 3.63) is 53.1 Å². The van der Waals surface area contributed by atoms with Gasteiger partial charge in [-0.25, -0.2) is 8.78 Å². The number of benzene rings is 2. The molecule has 0 aliphatic rings. The van der Waals surface area contributed by atoms with Crippen molar-refractivity contribution in [1.29, 1.82) is 0 Å². The van der Waals surface area contributed by atoms with Gasteiger partial charge in [-0.15, -0.1) is 13.2 Å². The van der Waals surface area contributed by atoms with E-state index in [1.54, 1.807) is 0 Å². The first kappa shape index (κ1) is 15.6. The molecule has 0 saturated heterocycles. The first-order chi connectivity index (χ1) is 9.76. The molecule has 0 N–H and O–H groups in total. The summed E-state index contributed by atoms with van der Waals surface area (Å²) in [5.41, 5.74) is 0.458. The highest BCUT2D eigenvalue weighted by Gasteiger charge is 2.31. The predicted octanol–water partition coefficient (Wildman–Crippen LogP) is 5.84. The van der Waals surface area contributed by atoms with Crippen LogP contribution in [0.25, 0.3) is 11.1 Å². The lowest BCUT2D eigenvalue weighted by Crippen LogP contribution is -2.17. The Balaban J connectivity index is 2.34. The van der Waals surface area contributed by atoms with Crippen molar-refractivity contribution in [3.8, 4) is 16.9 Å². The van der Waals surface area contributed by atoms with E-state index in [2.05, 4.69) is 4.74 Å². The maximum atomic E-state index is 12.6. The molecule has 0 bridgehead atoms. The van der Waals surface area contributed by atoms with Gasteiger partial charge in [-0.3, -0.25) is 0 Å². The van der Waals surface area contributed by atoms with Gasteiger partial charge in [0.15, 0.2) is 0 Å². The highest BCUT2D eigenvalue weighted by atomic mass is 35.5. The number of hydrogen-bond acceptors (Lipinski definition) is 1. The van der Waals surface area contributed by atoms with Gasteiger partial charge in [0.1, 0.15) is 5.75 Å². The van der Waals surface area contributed by atoms with Gasteiger partial charge in [0, 0.05) is 5.56 Å². The standard InChI is InChI=1S/C14H8ClF5O/c15-12-7-9(4-5-11(12)13(16)17)8-2-1-3-10(6-8)21-14(18,19)20/h1-7,13H. The minimum absolute atomic E-state index is 0.148. The molecule has 2 aromatic carbocycles. The average Bonchev–Trinajstić information content (AvgIpc) is 2.36. The highest BCUT2D eigenvalue weighted by Crippen LogP contribution is 2.33. The smallest absolute Gasteiger partial charge is 0.406 e. The summed E-state index contributed by atoms with van der Waals surface area (Å²) in [5.74, 6) is -0.394. The van der Waals surface area contributed by atoms with E-state index in [0.717, 1.165) is 18.2 Å². The van der Waals surface area contributed by atoms with E-state index in [1.807, 2.05) is 0 Å². The van der Waals surface area contributed by atoms with E-state index in [4.69, 9.17) is 11.6 Å². The second-order valence-corrected chi connectivity index (χ2v) is 4.52. The Morgan fingerprint density at radius 2 is 1.62 bits per heavy atom. The number of halogens is 6. The lowest BCUT2D eigenvalue weighted by atomic mass is 10.0. The third kappa shape index (κ3) is 4.07. The zero-order valence-corrected chi connectivity index (χ0v) is 11.1. The van der Waals surface area contributed by atoms with Gasteiger partial charge < -0.3 is 4.74 Å². The Bertz CT molecular complexity index is 640. The van der Waals surface area contributed by atoms with Gasteiger partial charge in [-0.2, -0.15) is 0 Å². The maximum Gasteiger partial charge on any atom is 0.573 e. The number of ether oxygens (including phenoxy) is 1. The lowest BCUT2D eigenvalue weighted by Gasteiger charge is -2.11. The van der Waals surface area contributed by atoms with E-state index in [0.29, 0.717) is 11.1 Å². The summed E-state index contributed by atoms with van der Waals surface area (Å²) in [4.78, 5) is 0. The van der Waals surface area contributed by atoms with E-state index < -0.39 is 18.5 Å². The van der Waals surface area contributed by atoms with Crippen LogP contribution in [0.3, 0.4) is 0 Å². The molecular weight excluding hydrogens is 315 g/mol. The molecule has 7 heteroatoms. The zero-order valence-electron chi connectivity index (χ0n) is 10.3. The molecule has 0 fully saturated rings. The molecule has 2 aromatic rings. The fraction of sp³-hybridized carbons (Fsp3) is 0.143. The maximum absolute atomic E-state index is 12.6. The van der Waals surface area contributed by atoms with Gasteiger partial charge >= 0.3 is 6.36 Å². The number of rotatable bonds is 3. The Kier molecular flexibility index (Phi) is 4.37. The van der Waals surface area contributed by atoms with Crippen LogP contribution in [0.15, 0.2) is 42.5 Å². The van der Waals surface area contributed by atoms with Crippen LogP contribution in [0.2, 0.25) is 5.02 Å². The SMILES string of the molecule is FC(F)c1ccc(-c2cccc(OC(F)(F)F)c2)cc1Cl. The molecule has 0 radical (unpaired) electrons. The van der Waals surface area contributed by atoms with Crippen molar-refractivity contribution in [2.75, 3.05) is 0 Å². The first-order valence-corrected chi connectivity index (χ1v) is 6.08. The normalized spacial score (nSPS) is 11.8. The summed E-state index contributed by atoms with van der Waals surface area (Å²) in [6.07, 6.45) is -7.51. The molecule has 0 aliphatic heterocycles. The molecule has 0 aromatic heterocycles. The lowest BCUT2D eigenvalue weighted by molar-refractivity contribution is -0.274. The fourth-order valence-electron chi connectivity index (χ4n) is 1.76. The topological polar surface area (TPSA) is 9.23 Å². The van der Waals surface area contributed by atoms with Gasteiger partial charge in [-0.1, -0.05) is 35.9 Å². The first-order valence-electron chi connectivity index (χ1n) is 5.70. The van der Waals surface area contributed by atoms with Gasteiger partial charge in [0.25, 0.3) is 6.43 Å². The molecule has 0 atom stereocenters. The Morgan fingerprint density at radius 3 is 2.19 bits per heavy atom. The number of hydrogen-bond donors (Lipinski definition) is 0. The molecule has 0 saturated carbocycles. The fourth-order valence-corrected chi connectivity index (χ4v) is 2.02. The van der Waals surface area contributed by atoms with Crippen molar-refractivity contribution in [1.82, 2.24) is 0 Å². The summed E-state index contributed by atoms with van der Waals surface area (Å²) in [6, 6.07) is 8.96. The Labute approximate surface area is 121 Å². The molecule has 0 spiro atoms. The van der Waals surface area contributed by atoms with Gasteiger partial charge in [0.05, 0.1) is 5.02 Å². The quantitative estimate of drug-likeness (QED) is 0.645. The molecule has 0 aliphatic carbocycles. The largest absolute Gasteiger partial charge is 0.573 e. The Morgan fingerprint density at radius 1 is 0.952 bits per heavy atom. The second-order valence-electron chi connectivity index (χ2n) is 4.11. The van der Waals surface area contributed by atoms with Crippen LogP contribution >= 0.6 is 11.6 Å². The van der Waals surface area contributed by atoms with E-state index in [1.165, 1.54) is 24.3 Å². The summed E-state index contributed by atoms with van der Waals surface area (Å²) in [7, 11) is 0. The van der Waals surface area contributed by atoms with Crippen LogP contribution in [-0.2, 0) is 0 Å². The summed E-state index contributed by atoms with van der Waals surface area (Å²) < 4.78 is 65.4. The van der Waals surface area contributed by atoms with Crippen molar-refractivity contribution in [3.63, 3.8) is 0 Å². The molecule has 21 heavy (non-hydrogen) atoms. The van der Waals surface area contributed by atoms with Crippen LogP contribution in [-0.4, -0.2) is 6.36 Å². The van der Waals surface area contributed by atoms with Crippen molar-refractivity contribution in [2.24, 2.45) is 0 Å². The van der Waals surface area contributed by atoms with Crippen LogP contribution in [0.5, 0.6) is 5.75 Å². The summed E-state index contributed by atoms with van der Waals surface area (Å²) in [5, 5.41) is -0.148. The van der Waals surface area contributed by atoms with Crippen molar-refractivity contribution >= 4 is 11.6 Å². The van der Waals surface area contributed by atoms with E-state index in [9.17, 15) is 22.0 Å². The molecule has 1 nitrogen and oxygen atoms in total. The monoisotopic (exact) mass is 322 g/mol. The predicted molar refractivity (Wildman–Crippen MR) is 68.5 cm³/mol. The molecular formula is C14H8ClF5O. The minimum Gasteiger partial charge on any atom is -0.406 e. The third-order valence-corrected chi connectivity index (χ3v) is 2.96. The highest BCUT2D eigenvalue weighted by molar-refractivity contribution is 6.31. The van der Waals surface area contributed by atoms with E-state index in [-0.39, 0.29) is 10.6 Å². The van der Waals surface area contributed by atoms with Crippen LogP contribution < -0.4 is 4.74 Å². The Hall–Kier alpha value is -1.82. The third-order valence-electron chi connectivity index (χ3n) is 2.64.